The van der Waals surface area contributed by atoms with Crippen molar-refractivity contribution in [3.05, 3.63) is 35.9 Å². The standard InChI is InChI=1S/C12H17NO2/c1-13-9-5-8-12(14)15-10-11-6-3-2-4-7-11/h2-4,6-7,13H,5,8-10H2,1H3/i1D3. The molecule has 0 spiro atoms. The van der Waals surface area contributed by atoms with E-state index in [2.05, 4.69) is 5.32 Å². The zero-order valence-corrected chi connectivity index (χ0v) is 8.53. The quantitative estimate of drug-likeness (QED) is 0.574. The van der Waals surface area contributed by atoms with Crippen LogP contribution in [0.1, 0.15) is 22.5 Å². The lowest BCUT2D eigenvalue weighted by Gasteiger charge is -2.04. The fourth-order valence-electron chi connectivity index (χ4n) is 1.13. The maximum Gasteiger partial charge on any atom is 0.306 e. The number of hydrogen-bond donors (Lipinski definition) is 1. The van der Waals surface area contributed by atoms with E-state index in [-0.39, 0.29) is 25.5 Å². The molecule has 0 saturated carbocycles. The average Bonchev–Trinajstić information content (AvgIpc) is 2.32. The summed E-state index contributed by atoms with van der Waals surface area (Å²) in [5.41, 5.74) is 0.937. The molecular weight excluding hydrogens is 190 g/mol. The van der Waals surface area contributed by atoms with Crippen molar-refractivity contribution in [2.75, 3.05) is 13.5 Å². The highest BCUT2D eigenvalue weighted by Gasteiger charge is 2.01. The highest BCUT2D eigenvalue weighted by Crippen LogP contribution is 2.02. The molecule has 0 aliphatic carbocycles. The second-order valence-corrected chi connectivity index (χ2v) is 3.18. The molecule has 1 aromatic carbocycles. The van der Waals surface area contributed by atoms with E-state index in [0.29, 0.717) is 6.42 Å². The molecule has 0 aliphatic heterocycles. The number of carbonyl (C=O) groups excluding carboxylic acids is 1. The molecule has 3 heteroatoms. The summed E-state index contributed by atoms with van der Waals surface area (Å²) in [7, 11) is 0. The first kappa shape index (κ1) is 7.88. The van der Waals surface area contributed by atoms with Gasteiger partial charge in [0.2, 0.25) is 0 Å². The zero-order valence-electron chi connectivity index (χ0n) is 11.5. The fraction of sp³-hybridized carbons (Fsp3) is 0.417. The van der Waals surface area contributed by atoms with Gasteiger partial charge in [0, 0.05) is 10.5 Å². The summed E-state index contributed by atoms with van der Waals surface area (Å²) in [6.45, 7) is -1.61. The first-order valence-corrected chi connectivity index (χ1v) is 4.92. The summed E-state index contributed by atoms with van der Waals surface area (Å²) < 4.78 is 25.8. The molecule has 1 N–H and O–H groups in total. The summed E-state index contributed by atoms with van der Waals surface area (Å²) >= 11 is 0. The number of carbonyl (C=O) groups is 1. The average molecular weight is 210 g/mol. The largest absolute Gasteiger partial charge is 0.461 e. The predicted molar refractivity (Wildman–Crippen MR) is 59.4 cm³/mol. The number of ether oxygens (including phenoxy) is 1. The molecule has 0 bridgehead atoms. The topological polar surface area (TPSA) is 38.3 Å². The Morgan fingerprint density at radius 1 is 1.47 bits per heavy atom. The van der Waals surface area contributed by atoms with Gasteiger partial charge < -0.3 is 10.1 Å². The molecule has 15 heavy (non-hydrogen) atoms. The van der Waals surface area contributed by atoms with Gasteiger partial charge in [0.1, 0.15) is 6.61 Å². The second kappa shape index (κ2) is 7.01. The summed E-state index contributed by atoms with van der Waals surface area (Å²) in [5, 5.41) is 2.34. The number of rotatable bonds is 6. The van der Waals surface area contributed by atoms with Crippen LogP contribution in [0.15, 0.2) is 30.3 Å². The first-order valence-electron chi connectivity index (χ1n) is 6.42. The molecular formula is C12H17NO2. The molecule has 0 atom stereocenters. The zero-order chi connectivity index (χ0) is 13.4. The van der Waals surface area contributed by atoms with E-state index in [1.165, 1.54) is 0 Å². The van der Waals surface area contributed by atoms with E-state index in [9.17, 15) is 4.79 Å². The van der Waals surface area contributed by atoms with Crippen LogP contribution in [0.4, 0.5) is 0 Å². The van der Waals surface area contributed by atoms with E-state index in [1.54, 1.807) is 0 Å². The van der Waals surface area contributed by atoms with Gasteiger partial charge >= 0.3 is 5.97 Å². The van der Waals surface area contributed by atoms with Crippen LogP contribution in [0.5, 0.6) is 0 Å². The number of nitrogens with one attached hydrogen (secondary N) is 1. The molecule has 1 rings (SSSR count). The number of hydrogen-bond acceptors (Lipinski definition) is 3. The van der Waals surface area contributed by atoms with Crippen molar-refractivity contribution < 1.29 is 13.6 Å². The van der Waals surface area contributed by atoms with Gasteiger partial charge in [-0.2, -0.15) is 0 Å². The molecule has 0 heterocycles. The molecule has 1 aromatic rings. The van der Waals surface area contributed by atoms with Gasteiger partial charge in [-0.05, 0) is 25.5 Å². The molecule has 0 fully saturated rings. The Balaban J connectivity index is 2.11. The Labute approximate surface area is 94.7 Å². The Kier molecular flexibility index (Phi) is 3.68. The maximum absolute atomic E-state index is 11.4. The predicted octanol–water partition coefficient (Wildman–Crippen LogP) is 1.73. The third-order valence-corrected chi connectivity index (χ3v) is 1.93. The number of esters is 1. The van der Waals surface area contributed by atoms with Crippen molar-refractivity contribution in [1.29, 1.82) is 0 Å². The van der Waals surface area contributed by atoms with Crippen molar-refractivity contribution in [1.82, 2.24) is 5.32 Å². The molecule has 0 aromatic heterocycles. The number of benzene rings is 1. The van der Waals surface area contributed by atoms with Gasteiger partial charge in [-0.3, -0.25) is 4.79 Å². The Morgan fingerprint density at radius 3 is 3.00 bits per heavy atom. The van der Waals surface area contributed by atoms with E-state index >= 15 is 0 Å². The van der Waals surface area contributed by atoms with E-state index < -0.39 is 6.98 Å². The Morgan fingerprint density at radius 2 is 2.27 bits per heavy atom. The highest BCUT2D eigenvalue weighted by atomic mass is 16.5. The van der Waals surface area contributed by atoms with Gasteiger partial charge in [0.05, 0.1) is 0 Å². The molecule has 0 unspecified atom stereocenters. The van der Waals surface area contributed by atoms with Crippen molar-refractivity contribution in [3.63, 3.8) is 0 Å². The summed E-state index contributed by atoms with van der Waals surface area (Å²) in [6.07, 6.45) is 0.669. The van der Waals surface area contributed by atoms with Gasteiger partial charge in [-0.25, -0.2) is 0 Å². The van der Waals surface area contributed by atoms with Crippen molar-refractivity contribution >= 4 is 5.97 Å². The maximum atomic E-state index is 11.4. The van der Waals surface area contributed by atoms with Crippen LogP contribution in [-0.4, -0.2) is 19.5 Å². The van der Waals surface area contributed by atoms with Crippen LogP contribution in [-0.2, 0) is 16.1 Å². The lowest BCUT2D eigenvalue weighted by molar-refractivity contribution is -0.145. The van der Waals surface area contributed by atoms with Crippen LogP contribution in [0, 0.1) is 0 Å². The summed E-state index contributed by atoms with van der Waals surface area (Å²) in [5.74, 6) is -0.314. The monoisotopic (exact) mass is 210 g/mol. The van der Waals surface area contributed by atoms with Gasteiger partial charge in [0.15, 0.2) is 0 Å². The third-order valence-electron chi connectivity index (χ3n) is 1.93. The normalized spacial score (nSPS) is 13.7. The van der Waals surface area contributed by atoms with E-state index in [0.717, 1.165) is 5.56 Å². The van der Waals surface area contributed by atoms with Gasteiger partial charge in [-0.1, -0.05) is 30.3 Å². The van der Waals surface area contributed by atoms with E-state index in [4.69, 9.17) is 8.85 Å². The van der Waals surface area contributed by atoms with Crippen LogP contribution in [0.3, 0.4) is 0 Å². The van der Waals surface area contributed by atoms with Crippen molar-refractivity contribution in [2.24, 2.45) is 0 Å². The van der Waals surface area contributed by atoms with Crippen molar-refractivity contribution in [3.8, 4) is 0 Å². The van der Waals surface area contributed by atoms with Crippen molar-refractivity contribution in [2.45, 2.75) is 19.4 Å². The van der Waals surface area contributed by atoms with Crippen LogP contribution in [0.2, 0.25) is 0 Å². The molecule has 0 aliphatic rings. The minimum Gasteiger partial charge on any atom is -0.461 e. The smallest absolute Gasteiger partial charge is 0.306 e. The lowest BCUT2D eigenvalue weighted by atomic mass is 10.2. The summed E-state index contributed by atoms with van der Waals surface area (Å²) in [6, 6.07) is 9.41. The molecule has 82 valence electrons. The SMILES string of the molecule is [2H]C([2H])([2H])NCCCC(=O)OCc1ccccc1. The summed E-state index contributed by atoms with van der Waals surface area (Å²) in [4.78, 5) is 11.4. The molecule has 0 saturated heterocycles. The Bertz CT molecular complexity index is 365. The fourth-order valence-corrected chi connectivity index (χ4v) is 1.13. The van der Waals surface area contributed by atoms with Gasteiger partial charge in [-0.15, -0.1) is 0 Å². The van der Waals surface area contributed by atoms with Gasteiger partial charge in [0.25, 0.3) is 0 Å². The molecule has 0 radical (unpaired) electrons. The second-order valence-electron chi connectivity index (χ2n) is 3.18. The third kappa shape index (κ3) is 5.18. The lowest BCUT2D eigenvalue weighted by Crippen LogP contribution is -2.11. The van der Waals surface area contributed by atoms with Crippen LogP contribution >= 0.6 is 0 Å². The Hall–Kier alpha value is -1.35. The van der Waals surface area contributed by atoms with Crippen LogP contribution < -0.4 is 5.32 Å². The minimum atomic E-state index is -2.14. The first-order chi connectivity index (χ1) is 8.47. The van der Waals surface area contributed by atoms with E-state index in [1.807, 2.05) is 30.3 Å². The molecule has 3 nitrogen and oxygen atoms in total. The van der Waals surface area contributed by atoms with Crippen LogP contribution in [0.25, 0.3) is 0 Å². The highest BCUT2D eigenvalue weighted by molar-refractivity contribution is 5.69. The minimum absolute atomic E-state index is 0.218. The molecule has 0 amide bonds.